The number of carbonyl (C=O) groups is 1. The molecule has 5 aromatic carbocycles. The Balaban J connectivity index is 1.47. The predicted octanol–water partition coefficient (Wildman–Crippen LogP) is 7.81. The maximum Gasteiger partial charge on any atom is 0.134 e. The summed E-state index contributed by atoms with van der Waals surface area (Å²) in [6.45, 7) is 0. The van der Waals surface area contributed by atoms with Gasteiger partial charge in [0.25, 0.3) is 0 Å². The predicted molar refractivity (Wildman–Crippen MR) is 140 cm³/mol. The summed E-state index contributed by atoms with van der Waals surface area (Å²) >= 11 is 0. The highest BCUT2D eigenvalue weighted by Gasteiger charge is 2.71. The van der Waals surface area contributed by atoms with E-state index in [0.717, 1.165) is 0 Å². The Kier molecular flexibility index (Phi) is 3.24. The van der Waals surface area contributed by atoms with Crippen LogP contribution in [-0.4, -0.2) is 5.78 Å². The molecule has 5 aromatic rings. The first-order valence-electron chi connectivity index (χ1n) is 12.9. The molecule has 0 radical (unpaired) electrons. The third kappa shape index (κ3) is 1.96. The monoisotopic (exact) mass is 448 g/mol. The SMILES string of the molecule is O=C1C[C@@H]2c3ccc4ccccc4c3[C@H]3c4ccccc4[C@@H]4c5c(ccc6ccccc56)[C@@H](C1)C342. The molecule has 4 aliphatic carbocycles. The highest BCUT2D eigenvalue weighted by Crippen LogP contribution is 2.81. The summed E-state index contributed by atoms with van der Waals surface area (Å²) in [5.74, 6) is 1.63. The van der Waals surface area contributed by atoms with E-state index in [1.807, 2.05) is 0 Å². The van der Waals surface area contributed by atoms with Crippen LogP contribution in [0.4, 0.5) is 0 Å². The number of rotatable bonds is 0. The van der Waals surface area contributed by atoms with Crippen molar-refractivity contribution in [3.8, 4) is 0 Å². The van der Waals surface area contributed by atoms with Gasteiger partial charge in [-0.1, -0.05) is 97.1 Å². The summed E-state index contributed by atoms with van der Waals surface area (Å²) in [5.41, 5.74) is 8.87. The number of benzene rings is 5. The summed E-state index contributed by atoms with van der Waals surface area (Å²) in [4.78, 5) is 13.4. The fourth-order valence-corrected chi connectivity index (χ4v) is 9.13. The molecule has 0 heterocycles. The molecule has 0 aliphatic heterocycles. The molecule has 1 fully saturated rings. The van der Waals surface area contributed by atoms with E-state index in [2.05, 4.69) is 97.1 Å². The van der Waals surface area contributed by atoms with Gasteiger partial charge in [-0.3, -0.25) is 4.79 Å². The highest BCUT2D eigenvalue weighted by atomic mass is 16.1. The summed E-state index contributed by atoms with van der Waals surface area (Å²) in [5, 5.41) is 5.37. The van der Waals surface area contributed by atoms with E-state index >= 15 is 0 Å². The molecule has 4 atom stereocenters. The minimum atomic E-state index is 0.0104. The lowest BCUT2D eigenvalue weighted by Crippen LogP contribution is -2.40. The average molecular weight is 449 g/mol. The first-order valence-corrected chi connectivity index (χ1v) is 12.9. The van der Waals surface area contributed by atoms with Crippen molar-refractivity contribution in [2.24, 2.45) is 5.41 Å². The lowest BCUT2D eigenvalue weighted by atomic mass is 9.55. The van der Waals surface area contributed by atoms with Crippen LogP contribution in [0.5, 0.6) is 0 Å². The molecule has 0 amide bonds. The molecule has 35 heavy (non-hydrogen) atoms. The second kappa shape index (κ2) is 6.10. The number of ketones is 1. The molecule has 166 valence electrons. The first-order chi connectivity index (χ1) is 17.3. The van der Waals surface area contributed by atoms with Crippen LogP contribution in [0.25, 0.3) is 21.5 Å². The standard InChI is InChI=1S/C34H24O/c35-21-17-28-26-15-13-19-7-1-3-9-22(19)30(26)32-24-11-5-6-12-25(24)33-31-23-10-4-2-8-20(23)14-16-27(31)29(18-21)34(28,32)33/h1-16,28-29,32-33H,17-18H2/t28-,29-,32-,33-,34?/m1/s1. The minimum Gasteiger partial charge on any atom is -0.300 e. The summed E-state index contributed by atoms with van der Waals surface area (Å²) in [7, 11) is 0. The minimum absolute atomic E-state index is 0.0104. The van der Waals surface area contributed by atoms with Crippen molar-refractivity contribution in [1.29, 1.82) is 0 Å². The quantitative estimate of drug-likeness (QED) is 0.236. The van der Waals surface area contributed by atoms with Gasteiger partial charge < -0.3 is 0 Å². The van der Waals surface area contributed by atoms with Gasteiger partial charge in [-0.25, -0.2) is 0 Å². The zero-order valence-electron chi connectivity index (χ0n) is 19.4. The van der Waals surface area contributed by atoms with E-state index in [4.69, 9.17) is 0 Å². The zero-order valence-corrected chi connectivity index (χ0v) is 19.4. The van der Waals surface area contributed by atoms with Gasteiger partial charge in [0.2, 0.25) is 0 Å². The number of Topliss-reactive ketones (excluding diaryl/α,β-unsaturated/α-hetero) is 1. The second-order valence-electron chi connectivity index (χ2n) is 11.1. The molecule has 4 aliphatic rings. The summed E-state index contributed by atoms with van der Waals surface area (Å²) in [6.07, 6.45) is 1.35. The van der Waals surface area contributed by atoms with Crippen LogP contribution in [0.1, 0.15) is 69.9 Å². The smallest absolute Gasteiger partial charge is 0.134 e. The van der Waals surface area contributed by atoms with Crippen LogP contribution in [0.15, 0.2) is 97.1 Å². The van der Waals surface area contributed by atoms with E-state index in [-0.39, 0.29) is 17.3 Å². The van der Waals surface area contributed by atoms with Crippen molar-refractivity contribution in [1.82, 2.24) is 0 Å². The molecule has 1 heteroatoms. The number of hydrogen-bond donors (Lipinski definition) is 0. The van der Waals surface area contributed by atoms with Crippen LogP contribution in [0.3, 0.4) is 0 Å². The van der Waals surface area contributed by atoms with Gasteiger partial charge >= 0.3 is 0 Å². The summed E-state index contributed by atoms with van der Waals surface area (Å²) in [6, 6.07) is 36.3. The van der Waals surface area contributed by atoms with Crippen LogP contribution < -0.4 is 0 Å². The normalized spacial score (nSPS) is 29.1. The Bertz CT molecular complexity index is 1630. The molecular formula is C34H24O. The van der Waals surface area contributed by atoms with Crippen LogP contribution in [0, 0.1) is 5.41 Å². The van der Waals surface area contributed by atoms with Crippen molar-refractivity contribution in [2.75, 3.05) is 0 Å². The first kappa shape index (κ1) is 18.6. The van der Waals surface area contributed by atoms with Crippen molar-refractivity contribution in [3.63, 3.8) is 0 Å². The topological polar surface area (TPSA) is 17.1 Å². The second-order valence-corrected chi connectivity index (χ2v) is 11.1. The van der Waals surface area contributed by atoms with Gasteiger partial charge in [0.05, 0.1) is 0 Å². The van der Waals surface area contributed by atoms with Gasteiger partial charge in [-0.2, -0.15) is 0 Å². The highest BCUT2D eigenvalue weighted by molar-refractivity contribution is 5.95. The van der Waals surface area contributed by atoms with Crippen molar-refractivity contribution in [2.45, 2.75) is 36.5 Å². The molecule has 0 N–H and O–H groups in total. The van der Waals surface area contributed by atoms with E-state index in [0.29, 0.717) is 30.5 Å². The van der Waals surface area contributed by atoms with Crippen molar-refractivity contribution >= 4 is 27.3 Å². The van der Waals surface area contributed by atoms with Gasteiger partial charge in [-0.05, 0) is 66.8 Å². The molecular weight excluding hydrogens is 424 g/mol. The van der Waals surface area contributed by atoms with Gasteiger partial charge in [-0.15, -0.1) is 0 Å². The van der Waals surface area contributed by atoms with Gasteiger partial charge in [0.15, 0.2) is 0 Å². The Hall–Kier alpha value is -3.71. The fraction of sp³-hybridized carbons (Fsp3) is 0.206. The van der Waals surface area contributed by atoms with Crippen LogP contribution in [0.2, 0.25) is 0 Å². The number of carbonyl (C=O) groups excluding carboxylic acids is 1. The largest absolute Gasteiger partial charge is 0.300 e. The average Bonchev–Trinajstić information content (AvgIpc) is 3.47. The Morgan fingerprint density at radius 1 is 0.514 bits per heavy atom. The van der Waals surface area contributed by atoms with Crippen LogP contribution in [-0.2, 0) is 4.79 Å². The van der Waals surface area contributed by atoms with Crippen molar-refractivity contribution in [3.05, 3.63) is 130 Å². The Labute approximate surface area is 204 Å². The van der Waals surface area contributed by atoms with Crippen LogP contribution >= 0.6 is 0 Å². The van der Waals surface area contributed by atoms with E-state index in [9.17, 15) is 4.79 Å². The Morgan fingerprint density at radius 3 is 1.49 bits per heavy atom. The maximum atomic E-state index is 13.4. The van der Waals surface area contributed by atoms with Gasteiger partial charge in [0, 0.05) is 30.1 Å². The van der Waals surface area contributed by atoms with E-state index in [1.54, 1.807) is 0 Å². The third-order valence-corrected chi connectivity index (χ3v) is 10.0. The zero-order chi connectivity index (χ0) is 22.9. The van der Waals surface area contributed by atoms with E-state index < -0.39 is 0 Å². The molecule has 9 rings (SSSR count). The van der Waals surface area contributed by atoms with Gasteiger partial charge in [0.1, 0.15) is 5.78 Å². The molecule has 0 bridgehead atoms. The molecule has 0 unspecified atom stereocenters. The van der Waals surface area contributed by atoms with Crippen molar-refractivity contribution < 1.29 is 4.79 Å². The lowest BCUT2D eigenvalue weighted by Gasteiger charge is -2.45. The molecule has 1 nitrogen and oxygen atoms in total. The molecule has 1 spiro atoms. The van der Waals surface area contributed by atoms with E-state index in [1.165, 1.54) is 54.9 Å². The molecule has 0 aromatic heterocycles. The molecule has 0 saturated heterocycles. The Morgan fingerprint density at radius 2 is 0.971 bits per heavy atom. The summed E-state index contributed by atoms with van der Waals surface area (Å²) < 4.78 is 0. The number of fused-ring (bicyclic) bond motifs is 13. The maximum absolute atomic E-state index is 13.4. The fourth-order valence-electron chi connectivity index (χ4n) is 9.13. The third-order valence-electron chi connectivity index (χ3n) is 10.0. The number of hydrogen-bond acceptors (Lipinski definition) is 1. The lowest BCUT2D eigenvalue weighted by molar-refractivity contribution is -0.124. The molecule has 1 saturated carbocycles.